The Labute approximate surface area is 146 Å². The van der Waals surface area contributed by atoms with Crippen LogP contribution in [0.1, 0.15) is 24.2 Å². The first-order valence-corrected chi connectivity index (χ1v) is 8.51. The highest BCUT2D eigenvalue weighted by Gasteiger charge is 2.28. The van der Waals surface area contributed by atoms with E-state index in [1.54, 1.807) is 6.20 Å². The number of nitrogens with zero attached hydrogens (tertiary/aromatic N) is 3. The van der Waals surface area contributed by atoms with Crippen LogP contribution in [0.15, 0.2) is 30.5 Å². The Morgan fingerprint density at radius 3 is 3.08 bits per heavy atom. The third-order valence-corrected chi connectivity index (χ3v) is 4.54. The summed E-state index contributed by atoms with van der Waals surface area (Å²) in [6.45, 7) is 4.60. The summed E-state index contributed by atoms with van der Waals surface area (Å²) in [6.07, 6.45) is 2.12. The van der Waals surface area contributed by atoms with Gasteiger partial charge in [0.15, 0.2) is 11.5 Å². The van der Waals surface area contributed by atoms with E-state index in [9.17, 15) is 4.79 Å². The Morgan fingerprint density at radius 1 is 1.32 bits per heavy atom. The normalized spacial score (nSPS) is 18.3. The second-order valence-corrected chi connectivity index (χ2v) is 6.22. The molecule has 1 atom stereocenters. The predicted octanol–water partition coefficient (Wildman–Crippen LogP) is 1.77. The molecule has 0 spiro atoms. The maximum absolute atomic E-state index is 12.8. The van der Waals surface area contributed by atoms with Gasteiger partial charge in [-0.2, -0.15) is 5.10 Å². The van der Waals surface area contributed by atoms with Crippen LogP contribution in [0, 0.1) is 0 Å². The van der Waals surface area contributed by atoms with Gasteiger partial charge >= 0.3 is 0 Å². The zero-order valence-corrected chi connectivity index (χ0v) is 14.2. The summed E-state index contributed by atoms with van der Waals surface area (Å²) in [7, 11) is 0. The number of ether oxygens (including phenoxy) is 3. The van der Waals surface area contributed by atoms with Crippen molar-refractivity contribution < 1.29 is 19.0 Å². The lowest BCUT2D eigenvalue weighted by atomic mass is 10.1. The summed E-state index contributed by atoms with van der Waals surface area (Å²) in [6, 6.07) is 7.66. The third-order valence-electron chi connectivity index (χ3n) is 4.54. The van der Waals surface area contributed by atoms with Crippen LogP contribution >= 0.6 is 0 Å². The maximum atomic E-state index is 12.8. The molecule has 1 aromatic heterocycles. The van der Waals surface area contributed by atoms with Gasteiger partial charge in [-0.1, -0.05) is 6.07 Å². The van der Waals surface area contributed by atoms with Gasteiger partial charge in [-0.3, -0.25) is 9.48 Å². The summed E-state index contributed by atoms with van der Waals surface area (Å²) in [5, 5.41) is 4.38. The molecule has 0 N–H and O–H groups in total. The minimum atomic E-state index is 0.0550. The fourth-order valence-electron chi connectivity index (χ4n) is 3.29. The largest absolute Gasteiger partial charge is 0.454 e. The van der Waals surface area contributed by atoms with Gasteiger partial charge in [0.1, 0.15) is 0 Å². The van der Waals surface area contributed by atoms with Crippen LogP contribution in [-0.2, 0) is 22.5 Å². The van der Waals surface area contributed by atoms with E-state index in [1.165, 1.54) is 0 Å². The van der Waals surface area contributed by atoms with Crippen molar-refractivity contribution in [3.8, 4) is 11.5 Å². The quantitative estimate of drug-likeness (QED) is 0.828. The molecule has 132 valence electrons. The van der Waals surface area contributed by atoms with Crippen LogP contribution in [0.3, 0.4) is 0 Å². The lowest BCUT2D eigenvalue weighted by Crippen LogP contribution is -2.43. The summed E-state index contributed by atoms with van der Waals surface area (Å²) in [5.74, 6) is 1.53. The van der Waals surface area contributed by atoms with Crippen LogP contribution in [0.5, 0.6) is 11.5 Å². The molecule has 2 aliphatic heterocycles. The topological polar surface area (TPSA) is 65.8 Å². The fraction of sp³-hybridized carbons (Fsp3) is 0.444. The highest BCUT2D eigenvalue weighted by molar-refractivity contribution is 5.79. The second kappa shape index (κ2) is 6.76. The highest BCUT2D eigenvalue weighted by atomic mass is 16.7. The number of carbonyl (C=O) groups excluding carboxylic acids is 1. The van der Waals surface area contributed by atoms with Crippen molar-refractivity contribution in [2.45, 2.75) is 25.9 Å². The Hall–Kier alpha value is -2.54. The van der Waals surface area contributed by atoms with Gasteiger partial charge in [-0.15, -0.1) is 0 Å². The van der Waals surface area contributed by atoms with Gasteiger partial charge < -0.3 is 19.1 Å². The summed E-state index contributed by atoms with van der Waals surface area (Å²) in [5.41, 5.74) is 1.96. The van der Waals surface area contributed by atoms with E-state index < -0.39 is 0 Å². The zero-order valence-electron chi connectivity index (χ0n) is 14.2. The molecule has 7 heteroatoms. The number of hydrogen-bond donors (Lipinski definition) is 0. The van der Waals surface area contributed by atoms with E-state index in [0.29, 0.717) is 38.5 Å². The minimum absolute atomic E-state index is 0.0550. The molecule has 7 nitrogen and oxygen atoms in total. The molecule has 2 aromatic rings. The van der Waals surface area contributed by atoms with E-state index in [2.05, 4.69) is 5.10 Å². The summed E-state index contributed by atoms with van der Waals surface area (Å²) < 4.78 is 18.2. The number of hydrogen-bond acceptors (Lipinski definition) is 5. The zero-order chi connectivity index (χ0) is 17.2. The van der Waals surface area contributed by atoms with Gasteiger partial charge in [-0.05, 0) is 30.7 Å². The highest BCUT2D eigenvalue weighted by Crippen LogP contribution is 2.33. The number of amides is 1. The Kier molecular flexibility index (Phi) is 4.31. The number of fused-ring (bicyclic) bond motifs is 2. The van der Waals surface area contributed by atoms with Crippen LogP contribution in [0.2, 0.25) is 0 Å². The SMILES string of the molecule is CCOCC1CN(C(=O)Cc2ccc3c(c2)OCO3)Cc2ccnn21. The smallest absolute Gasteiger partial charge is 0.231 e. The van der Waals surface area contributed by atoms with E-state index in [0.717, 1.165) is 17.0 Å². The van der Waals surface area contributed by atoms with E-state index in [-0.39, 0.29) is 18.7 Å². The average Bonchev–Trinajstić information content (AvgIpc) is 3.27. The van der Waals surface area contributed by atoms with Crippen LogP contribution in [0.4, 0.5) is 0 Å². The van der Waals surface area contributed by atoms with Crippen LogP contribution in [-0.4, -0.2) is 47.1 Å². The molecule has 2 aliphatic rings. The predicted molar refractivity (Wildman–Crippen MR) is 89.4 cm³/mol. The van der Waals surface area contributed by atoms with Gasteiger partial charge in [0.05, 0.1) is 31.3 Å². The van der Waals surface area contributed by atoms with Crippen molar-refractivity contribution in [3.05, 3.63) is 41.7 Å². The molecule has 3 heterocycles. The molecule has 0 saturated heterocycles. The van der Waals surface area contributed by atoms with Crippen molar-refractivity contribution in [2.24, 2.45) is 0 Å². The van der Waals surface area contributed by atoms with Gasteiger partial charge in [0, 0.05) is 19.3 Å². The standard InChI is InChI=1S/C18H21N3O4/c1-2-23-11-15-10-20(9-14-5-6-19-21(14)15)18(22)8-13-3-4-16-17(7-13)25-12-24-16/h3-7,15H,2,8-12H2,1H3. The molecular weight excluding hydrogens is 322 g/mol. The van der Waals surface area contributed by atoms with Crippen LogP contribution in [0.25, 0.3) is 0 Å². The maximum Gasteiger partial charge on any atom is 0.231 e. The number of carbonyl (C=O) groups is 1. The first-order chi connectivity index (χ1) is 12.2. The van der Waals surface area contributed by atoms with Crippen LogP contribution < -0.4 is 9.47 Å². The molecule has 0 bridgehead atoms. The Morgan fingerprint density at radius 2 is 2.20 bits per heavy atom. The molecule has 25 heavy (non-hydrogen) atoms. The summed E-state index contributed by atoms with van der Waals surface area (Å²) >= 11 is 0. The monoisotopic (exact) mass is 343 g/mol. The summed E-state index contributed by atoms with van der Waals surface area (Å²) in [4.78, 5) is 14.7. The Balaban J connectivity index is 1.47. The first-order valence-electron chi connectivity index (χ1n) is 8.51. The van der Waals surface area contributed by atoms with Crippen molar-refractivity contribution in [3.63, 3.8) is 0 Å². The van der Waals surface area contributed by atoms with Crippen molar-refractivity contribution in [2.75, 3.05) is 26.6 Å². The number of aromatic nitrogens is 2. The third kappa shape index (κ3) is 3.19. The number of benzene rings is 1. The number of rotatable bonds is 5. The molecular formula is C18H21N3O4. The van der Waals surface area contributed by atoms with Crippen molar-refractivity contribution in [1.29, 1.82) is 0 Å². The molecule has 0 saturated carbocycles. The molecule has 0 radical (unpaired) electrons. The lowest BCUT2D eigenvalue weighted by Gasteiger charge is -2.34. The molecule has 0 fully saturated rings. The minimum Gasteiger partial charge on any atom is -0.454 e. The molecule has 0 aliphatic carbocycles. The second-order valence-electron chi connectivity index (χ2n) is 6.22. The fourth-order valence-corrected chi connectivity index (χ4v) is 3.29. The van der Waals surface area contributed by atoms with E-state index in [1.807, 2.05) is 40.8 Å². The average molecular weight is 343 g/mol. The molecule has 4 rings (SSSR count). The van der Waals surface area contributed by atoms with Crippen molar-refractivity contribution in [1.82, 2.24) is 14.7 Å². The van der Waals surface area contributed by atoms with Gasteiger partial charge in [0.25, 0.3) is 0 Å². The van der Waals surface area contributed by atoms with E-state index >= 15 is 0 Å². The molecule has 1 unspecified atom stereocenters. The lowest BCUT2D eigenvalue weighted by molar-refractivity contribution is -0.133. The van der Waals surface area contributed by atoms with Crippen molar-refractivity contribution >= 4 is 5.91 Å². The molecule has 1 amide bonds. The molecule has 1 aromatic carbocycles. The first kappa shape index (κ1) is 16.0. The van der Waals surface area contributed by atoms with Gasteiger partial charge in [-0.25, -0.2) is 0 Å². The van der Waals surface area contributed by atoms with Gasteiger partial charge in [0.2, 0.25) is 12.7 Å². The van der Waals surface area contributed by atoms with E-state index in [4.69, 9.17) is 14.2 Å². The Bertz CT molecular complexity index is 773.